The second-order valence-electron chi connectivity index (χ2n) is 9.80. The Labute approximate surface area is 166 Å². The summed E-state index contributed by atoms with van der Waals surface area (Å²) in [5.41, 5.74) is 3.82. The smallest absolute Gasteiger partial charge is 0.0809 e. The minimum atomic E-state index is -0.592. The third kappa shape index (κ3) is 4.27. The second-order valence-corrected chi connectivity index (χ2v) is 9.80. The Morgan fingerprint density at radius 3 is 2.56 bits per heavy atom. The predicted octanol–water partition coefficient (Wildman–Crippen LogP) is 5.95. The number of aliphatic hydroxyl groups excluding tert-OH is 2. The first-order valence-corrected chi connectivity index (χ1v) is 11.3. The van der Waals surface area contributed by atoms with Crippen molar-refractivity contribution in [3.8, 4) is 0 Å². The summed E-state index contributed by atoms with van der Waals surface area (Å²) < 4.78 is 0. The van der Waals surface area contributed by atoms with Crippen molar-refractivity contribution in [3.05, 3.63) is 35.5 Å². The molecule has 2 nitrogen and oxygen atoms in total. The predicted molar refractivity (Wildman–Crippen MR) is 113 cm³/mol. The lowest BCUT2D eigenvalue weighted by atomic mass is 9.60. The van der Waals surface area contributed by atoms with E-state index in [0.29, 0.717) is 23.8 Å². The van der Waals surface area contributed by atoms with Crippen LogP contribution >= 0.6 is 0 Å². The van der Waals surface area contributed by atoms with E-state index in [0.717, 1.165) is 23.3 Å². The SMILES string of the molecule is C=C1[C@H](O)CC(=CC=C2CCC[C@]3(C)[C@@H]([C@@H](C)CCCC)CC[C@@H]23)C[C@H]1O. The summed E-state index contributed by atoms with van der Waals surface area (Å²) in [7, 11) is 0. The first kappa shape index (κ1) is 20.9. The normalized spacial score (nSPS) is 39.5. The lowest BCUT2D eigenvalue weighted by molar-refractivity contribution is 0.0934. The first-order valence-electron chi connectivity index (χ1n) is 11.3. The van der Waals surface area contributed by atoms with Crippen molar-refractivity contribution in [2.75, 3.05) is 0 Å². The van der Waals surface area contributed by atoms with Gasteiger partial charge in [-0.25, -0.2) is 0 Å². The van der Waals surface area contributed by atoms with E-state index in [9.17, 15) is 10.2 Å². The van der Waals surface area contributed by atoms with Crippen molar-refractivity contribution >= 4 is 0 Å². The zero-order chi connectivity index (χ0) is 19.6. The van der Waals surface area contributed by atoms with Crippen LogP contribution in [-0.4, -0.2) is 22.4 Å². The summed E-state index contributed by atoms with van der Waals surface area (Å²) in [6, 6.07) is 0. The van der Waals surface area contributed by atoms with Gasteiger partial charge in [-0.3, -0.25) is 0 Å². The summed E-state index contributed by atoms with van der Waals surface area (Å²) >= 11 is 0. The molecule has 0 heterocycles. The molecule has 0 spiro atoms. The van der Waals surface area contributed by atoms with Gasteiger partial charge in [0.25, 0.3) is 0 Å². The average Bonchev–Trinajstić information content (AvgIpc) is 2.99. The van der Waals surface area contributed by atoms with E-state index >= 15 is 0 Å². The molecule has 0 aromatic carbocycles. The summed E-state index contributed by atoms with van der Waals surface area (Å²) in [6.07, 6.45) is 15.3. The van der Waals surface area contributed by atoms with Gasteiger partial charge in [-0.2, -0.15) is 0 Å². The Kier molecular flexibility index (Phi) is 6.69. The second kappa shape index (κ2) is 8.66. The number of allylic oxidation sites excluding steroid dienone is 3. The molecule has 0 aromatic heterocycles. The fourth-order valence-corrected chi connectivity index (χ4v) is 6.37. The lowest BCUT2D eigenvalue weighted by Crippen LogP contribution is -2.36. The van der Waals surface area contributed by atoms with Crippen molar-refractivity contribution in [2.45, 2.75) is 97.2 Å². The van der Waals surface area contributed by atoms with E-state index in [1.807, 2.05) is 0 Å². The monoisotopic (exact) mass is 372 g/mol. The highest BCUT2D eigenvalue weighted by molar-refractivity contribution is 5.29. The average molecular weight is 373 g/mol. The maximum Gasteiger partial charge on any atom is 0.0809 e. The van der Waals surface area contributed by atoms with Crippen LogP contribution in [0, 0.1) is 23.2 Å². The zero-order valence-electron chi connectivity index (χ0n) is 17.7. The summed E-state index contributed by atoms with van der Waals surface area (Å²) in [5.74, 6) is 2.44. The highest BCUT2D eigenvalue weighted by Gasteiger charge is 2.50. The molecule has 2 heteroatoms. The third-order valence-electron chi connectivity index (χ3n) is 8.04. The Bertz CT molecular complexity index is 585. The van der Waals surface area contributed by atoms with Crippen LogP contribution in [0.15, 0.2) is 35.5 Å². The molecule has 3 fully saturated rings. The van der Waals surface area contributed by atoms with Crippen molar-refractivity contribution in [3.63, 3.8) is 0 Å². The molecule has 3 aliphatic carbocycles. The molecule has 0 unspecified atom stereocenters. The molecule has 3 rings (SSSR count). The van der Waals surface area contributed by atoms with Gasteiger partial charge in [0.1, 0.15) is 0 Å². The molecule has 0 radical (unpaired) electrons. The van der Waals surface area contributed by atoms with Gasteiger partial charge < -0.3 is 10.2 Å². The third-order valence-corrected chi connectivity index (χ3v) is 8.04. The molecule has 0 bridgehead atoms. The van der Waals surface area contributed by atoms with Crippen LogP contribution in [0.5, 0.6) is 0 Å². The van der Waals surface area contributed by atoms with Gasteiger partial charge in [0, 0.05) is 0 Å². The van der Waals surface area contributed by atoms with Crippen LogP contribution in [0.4, 0.5) is 0 Å². The highest BCUT2D eigenvalue weighted by atomic mass is 16.3. The van der Waals surface area contributed by atoms with E-state index < -0.39 is 12.2 Å². The molecule has 6 atom stereocenters. The number of rotatable bonds is 5. The van der Waals surface area contributed by atoms with Gasteiger partial charge in [0.2, 0.25) is 0 Å². The van der Waals surface area contributed by atoms with Gasteiger partial charge in [-0.15, -0.1) is 0 Å². The highest BCUT2D eigenvalue weighted by Crippen LogP contribution is 2.59. The van der Waals surface area contributed by atoms with E-state index in [1.165, 1.54) is 51.4 Å². The fraction of sp³-hybridized carbons (Fsp3) is 0.760. The molecule has 0 amide bonds. The number of unbranched alkanes of at least 4 members (excludes halogenated alkanes) is 1. The van der Waals surface area contributed by atoms with Crippen molar-refractivity contribution < 1.29 is 10.2 Å². The maximum atomic E-state index is 10.1. The maximum absolute atomic E-state index is 10.1. The van der Waals surface area contributed by atoms with Gasteiger partial charge in [-0.1, -0.05) is 69.9 Å². The van der Waals surface area contributed by atoms with Crippen LogP contribution < -0.4 is 0 Å². The van der Waals surface area contributed by atoms with Crippen LogP contribution in [0.25, 0.3) is 0 Å². The van der Waals surface area contributed by atoms with Gasteiger partial charge in [0.15, 0.2) is 0 Å². The summed E-state index contributed by atoms with van der Waals surface area (Å²) in [6.45, 7) is 11.2. The molecule has 3 aliphatic rings. The van der Waals surface area contributed by atoms with Crippen LogP contribution in [0.1, 0.15) is 85.0 Å². The molecule has 0 aromatic rings. The largest absolute Gasteiger partial charge is 0.388 e. The summed E-state index contributed by atoms with van der Waals surface area (Å²) in [4.78, 5) is 0. The molecule has 152 valence electrons. The lowest BCUT2D eigenvalue weighted by Gasteiger charge is -2.44. The minimum absolute atomic E-state index is 0.468. The van der Waals surface area contributed by atoms with Gasteiger partial charge in [0.05, 0.1) is 12.2 Å². The quantitative estimate of drug-likeness (QED) is 0.585. The Hall–Kier alpha value is -0.860. The van der Waals surface area contributed by atoms with E-state index in [1.54, 1.807) is 5.57 Å². The molecular formula is C25H40O2. The van der Waals surface area contributed by atoms with Crippen molar-refractivity contribution in [1.29, 1.82) is 0 Å². The Morgan fingerprint density at radius 2 is 1.89 bits per heavy atom. The molecule has 27 heavy (non-hydrogen) atoms. The number of hydrogen-bond donors (Lipinski definition) is 2. The molecule has 0 aliphatic heterocycles. The van der Waals surface area contributed by atoms with Crippen LogP contribution in [0.3, 0.4) is 0 Å². The van der Waals surface area contributed by atoms with E-state index in [-0.39, 0.29) is 0 Å². The molecular weight excluding hydrogens is 332 g/mol. The van der Waals surface area contributed by atoms with Gasteiger partial charge >= 0.3 is 0 Å². The van der Waals surface area contributed by atoms with Crippen LogP contribution in [0.2, 0.25) is 0 Å². The first-order chi connectivity index (χ1) is 12.9. The van der Waals surface area contributed by atoms with E-state index in [4.69, 9.17) is 0 Å². The topological polar surface area (TPSA) is 40.5 Å². The van der Waals surface area contributed by atoms with Crippen molar-refractivity contribution in [2.24, 2.45) is 23.2 Å². The minimum Gasteiger partial charge on any atom is -0.388 e. The van der Waals surface area contributed by atoms with E-state index in [2.05, 4.69) is 39.5 Å². The standard InChI is InChI=1S/C25H40O2/c1-5-6-8-17(2)21-12-13-22-20(9-7-14-25(21,22)4)11-10-19-15-23(26)18(3)24(27)16-19/h10-11,17,21-24,26-27H,3,5-9,12-16H2,1-2,4H3/t17-,21+,22-,23+,24+,25+/m0/s1. The van der Waals surface area contributed by atoms with Gasteiger partial charge in [-0.05, 0) is 73.7 Å². The number of hydrogen-bond acceptors (Lipinski definition) is 2. The Morgan fingerprint density at radius 1 is 1.19 bits per heavy atom. The number of aliphatic hydroxyl groups is 2. The number of fused-ring (bicyclic) bond motifs is 1. The Balaban J connectivity index is 1.74. The van der Waals surface area contributed by atoms with Crippen molar-refractivity contribution in [1.82, 2.24) is 0 Å². The fourth-order valence-electron chi connectivity index (χ4n) is 6.37. The van der Waals surface area contributed by atoms with Crippen LogP contribution in [-0.2, 0) is 0 Å². The molecule has 3 saturated carbocycles. The zero-order valence-corrected chi connectivity index (χ0v) is 17.7. The molecule has 2 N–H and O–H groups in total. The summed E-state index contributed by atoms with van der Waals surface area (Å²) in [5, 5.41) is 20.2. The molecule has 0 saturated heterocycles.